The number of halogens is 2. The first kappa shape index (κ1) is 26.6. The number of rotatable bonds is 9. The SMILES string of the molecule is CC(C)C[C@@H](C)N[C@H](C=O)Cc1ccc(C(=O)Nc2cc(Cl)cc(Cl)c2)cc1.O=CO. The Balaban J connectivity index is 0.00000151. The van der Waals surface area contributed by atoms with Crippen molar-refractivity contribution in [2.45, 2.75) is 45.7 Å². The summed E-state index contributed by atoms with van der Waals surface area (Å²) >= 11 is 11.9. The van der Waals surface area contributed by atoms with Crippen molar-refractivity contribution in [1.29, 1.82) is 0 Å². The molecule has 6 nitrogen and oxygen atoms in total. The fraction of sp³-hybridized carbons (Fsp3) is 0.348. The van der Waals surface area contributed by atoms with Crippen LogP contribution in [0.15, 0.2) is 42.5 Å². The van der Waals surface area contributed by atoms with E-state index in [1.165, 1.54) is 0 Å². The van der Waals surface area contributed by atoms with Crippen LogP contribution in [-0.4, -0.2) is 35.9 Å². The van der Waals surface area contributed by atoms with Crippen LogP contribution in [0.25, 0.3) is 0 Å². The van der Waals surface area contributed by atoms with E-state index in [2.05, 4.69) is 31.4 Å². The van der Waals surface area contributed by atoms with Gasteiger partial charge < -0.3 is 20.5 Å². The Labute approximate surface area is 192 Å². The van der Waals surface area contributed by atoms with Crippen LogP contribution in [0, 0.1) is 5.92 Å². The first-order valence-corrected chi connectivity index (χ1v) is 10.6. The Bertz CT molecular complexity index is 837. The number of carboxylic acid groups (broad SMARTS) is 1. The molecule has 168 valence electrons. The van der Waals surface area contributed by atoms with Crippen molar-refractivity contribution in [3.63, 3.8) is 0 Å². The fourth-order valence-electron chi connectivity index (χ4n) is 3.16. The average Bonchev–Trinajstić information content (AvgIpc) is 2.67. The average molecular weight is 467 g/mol. The van der Waals surface area contributed by atoms with Gasteiger partial charge in [-0.15, -0.1) is 0 Å². The van der Waals surface area contributed by atoms with Gasteiger partial charge in [0, 0.05) is 27.3 Å². The maximum atomic E-state index is 12.4. The summed E-state index contributed by atoms with van der Waals surface area (Å²) in [7, 11) is 0. The van der Waals surface area contributed by atoms with Gasteiger partial charge in [0.2, 0.25) is 0 Å². The molecule has 0 heterocycles. The summed E-state index contributed by atoms with van der Waals surface area (Å²) in [4.78, 5) is 32.2. The van der Waals surface area contributed by atoms with Crippen molar-refractivity contribution in [3.05, 3.63) is 63.6 Å². The van der Waals surface area contributed by atoms with Crippen LogP contribution in [0.1, 0.15) is 43.1 Å². The second-order valence-corrected chi connectivity index (χ2v) is 8.43. The predicted octanol–water partition coefficient (Wildman–Crippen LogP) is 5.08. The lowest BCUT2D eigenvalue weighted by Gasteiger charge is -2.20. The fourth-order valence-corrected chi connectivity index (χ4v) is 3.69. The van der Waals surface area contributed by atoms with Gasteiger partial charge >= 0.3 is 0 Å². The molecule has 0 radical (unpaired) electrons. The van der Waals surface area contributed by atoms with Crippen molar-refractivity contribution >= 4 is 47.6 Å². The molecule has 2 atom stereocenters. The van der Waals surface area contributed by atoms with Crippen molar-refractivity contribution < 1.29 is 19.5 Å². The van der Waals surface area contributed by atoms with E-state index in [-0.39, 0.29) is 24.5 Å². The second-order valence-electron chi connectivity index (χ2n) is 7.56. The Kier molecular flexibility index (Phi) is 11.9. The number of hydrogen-bond acceptors (Lipinski definition) is 4. The first-order chi connectivity index (χ1) is 14.7. The molecule has 2 rings (SSSR count). The number of carbonyl (C=O) groups is 3. The molecule has 0 saturated heterocycles. The van der Waals surface area contributed by atoms with Gasteiger partial charge in [-0.25, -0.2) is 0 Å². The maximum absolute atomic E-state index is 12.4. The van der Waals surface area contributed by atoms with E-state index in [9.17, 15) is 9.59 Å². The van der Waals surface area contributed by atoms with Crippen molar-refractivity contribution in [2.24, 2.45) is 5.92 Å². The van der Waals surface area contributed by atoms with Crippen LogP contribution < -0.4 is 10.6 Å². The number of carbonyl (C=O) groups excluding carboxylic acids is 2. The normalized spacial score (nSPS) is 12.3. The molecular weight excluding hydrogens is 439 g/mol. The number of benzene rings is 2. The smallest absolute Gasteiger partial charge is 0.290 e. The third-order valence-corrected chi connectivity index (χ3v) is 4.72. The molecule has 0 fully saturated rings. The van der Waals surface area contributed by atoms with Crippen LogP contribution in [0.4, 0.5) is 5.69 Å². The van der Waals surface area contributed by atoms with Gasteiger partial charge in [0.05, 0.1) is 6.04 Å². The van der Waals surface area contributed by atoms with Crippen LogP contribution in [0.5, 0.6) is 0 Å². The van der Waals surface area contributed by atoms with Gasteiger partial charge in [-0.3, -0.25) is 9.59 Å². The molecule has 3 N–H and O–H groups in total. The molecule has 0 aliphatic rings. The molecule has 2 aromatic carbocycles. The summed E-state index contributed by atoms with van der Waals surface area (Å²) in [5.74, 6) is 0.322. The Morgan fingerprint density at radius 1 is 1.03 bits per heavy atom. The van der Waals surface area contributed by atoms with E-state index in [4.69, 9.17) is 33.1 Å². The maximum Gasteiger partial charge on any atom is 0.290 e. The molecule has 1 amide bonds. The largest absolute Gasteiger partial charge is 0.483 e. The van der Waals surface area contributed by atoms with Gasteiger partial charge in [0.15, 0.2) is 0 Å². The molecule has 0 bridgehead atoms. The second kappa shape index (κ2) is 13.8. The summed E-state index contributed by atoms with van der Waals surface area (Å²) in [5.41, 5.74) is 2.04. The first-order valence-electron chi connectivity index (χ1n) is 9.84. The van der Waals surface area contributed by atoms with Crippen LogP contribution in [0.2, 0.25) is 10.0 Å². The quantitative estimate of drug-likeness (QED) is 0.447. The summed E-state index contributed by atoms with van der Waals surface area (Å²) in [5, 5.41) is 13.9. The van der Waals surface area contributed by atoms with Crippen LogP contribution >= 0.6 is 23.2 Å². The molecule has 31 heavy (non-hydrogen) atoms. The molecular formula is C23H28Cl2N2O4. The van der Waals surface area contributed by atoms with E-state index >= 15 is 0 Å². The third kappa shape index (κ3) is 10.4. The highest BCUT2D eigenvalue weighted by Gasteiger charge is 2.14. The number of hydrogen-bond donors (Lipinski definition) is 3. The molecule has 0 aromatic heterocycles. The highest BCUT2D eigenvalue weighted by atomic mass is 35.5. The number of nitrogens with one attached hydrogen (secondary N) is 2. The topological polar surface area (TPSA) is 95.5 Å². The molecule has 2 aromatic rings. The van der Waals surface area contributed by atoms with Gasteiger partial charge in [-0.1, -0.05) is 49.2 Å². The number of aldehydes is 1. The van der Waals surface area contributed by atoms with Crippen molar-refractivity contribution in [2.75, 3.05) is 5.32 Å². The lowest BCUT2D eigenvalue weighted by atomic mass is 10.0. The molecule has 0 aliphatic carbocycles. The summed E-state index contributed by atoms with van der Waals surface area (Å²) in [6.45, 7) is 6.16. The zero-order valence-corrected chi connectivity index (χ0v) is 19.3. The summed E-state index contributed by atoms with van der Waals surface area (Å²) < 4.78 is 0. The van der Waals surface area contributed by atoms with E-state index in [1.54, 1.807) is 30.3 Å². The molecule has 0 spiro atoms. The minimum atomic E-state index is -0.250. The van der Waals surface area contributed by atoms with E-state index in [0.717, 1.165) is 18.3 Å². The summed E-state index contributed by atoms with van der Waals surface area (Å²) in [6.07, 6.45) is 2.54. The molecule has 0 unspecified atom stereocenters. The van der Waals surface area contributed by atoms with E-state index in [1.807, 2.05) is 12.1 Å². The van der Waals surface area contributed by atoms with E-state index in [0.29, 0.717) is 33.6 Å². The van der Waals surface area contributed by atoms with Gasteiger partial charge in [-0.2, -0.15) is 0 Å². The Morgan fingerprint density at radius 2 is 1.58 bits per heavy atom. The van der Waals surface area contributed by atoms with Crippen molar-refractivity contribution in [3.8, 4) is 0 Å². The van der Waals surface area contributed by atoms with Crippen LogP contribution in [0.3, 0.4) is 0 Å². The predicted molar refractivity (Wildman–Crippen MR) is 125 cm³/mol. The van der Waals surface area contributed by atoms with Gasteiger partial charge in [0.25, 0.3) is 12.4 Å². The van der Waals surface area contributed by atoms with Gasteiger partial charge in [0.1, 0.15) is 6.29 Å². The zero-order chi connectivity index (χ0) is 23.4. The van der Waals surface area contributed by atoms with Gasteiger partial charge in [-0.05, 0) is 61.6 Å². The minimum absolute atomic E-state index is 0.248. The third-order valence-electron chi connectivity index (χ3n) is 4.28. The summed E-state index contributed by atoms with van der Waals surface area (Å²) in [6, 6.07) is 12.1. The van der Waals surface area contributed by atoms with E-state index < -0.39 is 0 Å². The lowest BCUT2D eigenvalue weighted by Crippen LogP contribution is -2.39. The molecule has 0 saturated carbocycles. The zero-order valence-electron chi connectivity index (χ0n) is 17.8. The Morgan fingerprint density at radius 3 is 2.06 bits per heavy atom. The van der Waals surface area contributed by atoms with Crippen LogP contribution in [-0.2, 0) is 16.0 Å². The number of anilines is 1. The minimum Gasteiger partial charge on any atom is -0.483 e. The molecule has 0 aliphatic heterocycles. The molecule has 8 heteroatoms. The highest BCUT2D eigenvalue weighted by molar-refractivity contribution is 6.35. The highest BCUT2D eigenvalue weighted by Crippen LogP contribution is 2.23. The monoisotopic (exact) mass is 466 g/mol. The lowest BCUT2D eigenvalue weighted by molar-refractivity contribution is -0.122. The standard InChI is InChI=1S/C22H26Cl2N2O2.CH2O2/c1-14(2)8-15(3)25-21(13-27)9-16-4-6-17(7-5-16)22(28)26-20-11-18(23)10-19(24)12-20;2-1-3/h4-7,10-15,21,25H,8-9H2,1-3H3,(H,26,28);1H,(H,2,3)/t15-,21+;/m1./s1. The van der Waals surface area contributed by atoms with Crippen molar-refractivity contribution in [1.82, 2.24) is 5.32 Å². The number of amides is 1. The Hall–Kier alpha value is -2.41.